The fourth-order valence-electron chi connectivity index (χ4n) is 7.12. The quantitative estimate of drug-likeness (QED) is 0.216. The molecule has 279 valence electrons. The second-order valence-corrected chi connectivity index (χ2v) is 18.6. The Labute approximate surface area is 346 Å². The topological polar surface area (TPSA) is 0 Å². The molecule has 53 heavy (non-hydrogen) atoms. The van der Waals surface area contributed by atoms with Crippen LogP contribution in [0.2, 0.25) is 0 Å². The number of hydrogen-bond donors (Lipinski definition) is 0. The number of rotatable bonds is 6. The van der Waals surface area contributed by atoms with E-state index in [2.05, 4.69) is 192 Å². The summed E-state index contributed by atoms with van der Waals surface area (Å²) in [7, 11) is -1.09. The van der Waals surface area contributed by atoms with Crippen molar-refractivity contribution in [2.24, 2.45) is 0 Å². The summed E-state index contributed by atoms with van der Waals surface area (Å²) in [5.41, 5.74) is 16.4. The van der Waals surface area contributed by atoms with E-state index in [-0.39, 0.29) is 41.6 Å². The van der Waals surface area contributed by atoms with E-state index in [1.165, 1.54) is 98.6 Å². The molecule has 6 aromatic rings. The molecular formula is C48H54Cl2CoP2. The molecule has 0 spiro atoms. The van der Waals surface area contributed by atoms with Gasteiger partial charge in [-0.05, 0) is 164 Å². The third-order valence-electron chi connectivity index (χ3n) is 9.56. The molecule has 0 nitrogen and oxygen atoms in total. The second-order valence-electron chi connectivity index (χ2n) is 14.4. The summed E-state index contributed by atoms with van der Waals surface area (Å²) in [5.74, 6) is 0. The van der Waals surface area contributed by atoms with Gasteiger partial charge < -0.3 is 24.8 Å². The summed E-state index contributed by atoms with van der Waals surface area (Å²) in [4.78, 5) is 0. The fraction of sp³-hybridized carbons (Fsp3) is 0.250. The SMILES string of the molecule is Cc1ccc(P(c2ccc(C)cc2C)c2ccc(C)cc2C)c(C)c1.Cc1ccc(P(c2ccc(C)cc2C)c2ccc(C)cc2C)c(C)c1.[Cl-].[Cl-].[Co+2]. The average molecular weight is 823 g/mol. The molecule has 0 atom stereocenters. The first-order valence-electron chi connectivity index (χ1n) is 17.8. The van der Waals surface area contributed by atoms with E-state index in [1.807, 2.05) is 0 Å². The molecule has 0 N–H and O–H groups in total. The Hall–Kier alpha value is -2.73. The van der Waals surface area contributed by atoms with Crippen molar-refractivity contribution < 1.29 is 41.6 Å². The number of hydrogen-bond acceptors (Lipinski definition) is 0. The molecule has 0 saturated carbocycles. The van der Waals surface area contributed by atoms with Gasteiger partial charge in [0, 0.05) is 0 Å². The van der Waals surface area contributed by atoms with Crippen LogP contribution in [-0.4, -0.2) is 0 Å². The first-order chi connectivity index (χ1) is 23.7. The minimum absolute atomic E-state index is 0. The van der Waals surface area contributed by atoms with Crippen molar-refractivity contribution in [3.8, 4) is 0 Å². The third kappa shape index (κ3) is 11.2. The average Bonchev–Trinajstić information content (AvgIpc) is 3.03. The van der Waals surface area contributed by atoms with Gasteiger partial charge in [-0.3, -0.25) is 0 Å². The number of halogens is 2. The van der Waals surface area contributed by atoms with Crippen LogP contribution >= 0.6 is 15.8 Å². The molecule has 0 fully saturated rings. The first kappa shape index (κ1) is 46.4. The van der Waals surface area contributed by atoms with Crippen molar-refractivity contribution >= 4 is 47.7 Å². The molecular weight excluding hydrogens is 768 g/mol. The van der Waals surface area contributed by atoms with Crippen LogP contribution in [0.5, 0.6) is 0 Å². The van der Waals surface area contributed by atoms with Crippen LogP contribution in [0, 0.1) is 83.1 Å². The Morgan fingerprint density at radius 3 is 0.491 bits per heavy atom. The molecule has 0 saturated heterocycles. The maximum atomic E-state index is 2.34. The molecule has 6 aromatic carbocycles. The molecule has 0 aromatic heterocycles. The van der Waals surface area contributed by atoms with E-state index in [0.29, 0.717) is 0 Å². The van der Waals surface area contributed by atoms with Gasteiger partial charge >= 0.3 is 16.8 Å². The minimum atomic E-state index is -0.546. The molecule has 0 aliphatic rings. The van der Waals surface area contributed by atoms with Crippen molar-refractivity contribution in [3.05, 3.63) is 176 Å². The van der Waals surface area contributed by atoms with Crippen LogP contribution in [0.1, 0.15) is 66.8 Å². The van der Waals surface area contributed by atoms with E-state index >= 15 is 0 Å². The van der Waals surface area contributed by atoms with Gasteiger partial charge in [-0.2, -0.15) is 0 Å². The predicted octanol–water partition coefficient (Wildman–Crippen LogP) is 4.60. The minimum Gasteiger partial charge on any atom is -1.00 e. The van der Waals surface area contributed by atoms with E-state index in [1.54, 1.807) is 0 Å². The van der Waals surface area contributed by atoms with Crippen molar-refractivity contribution in [1.29, 1.82) is 0 Å². The third-order valence-corrected chi connectivity index (χ3v) is 15.5. The standard InChI is InChI=1S/2C24H27P.2ClH.Co/c2*1-16-7-10-22(19(4)13-16)25(23-11-8-17(2)14-20(23)5)24-12-9-18(3)15-21(24)6;;;/h2*7-15H,1-6H3;2*1H;/q;;;;+2/p-2. The molecule has 6 rings (SSSR count). The van der Waals surface area contributed by atoms with Crippen LogP contribution in [0.4, 0.5) is 0 Å². The largest absolute Gasteiger partial charge is 2.00 e. The molecule has 0 aliphatic carbocycles. The molecule has 0 aliphatic heterocycles. The maximum absolute atomic E-state index is 2.34. The summed E-state index contributed by atoms with van der Waals surface area (Å²) in [6, 6.07) is 41.5. The van der Waals surface area contributed by atoms with Gasteiger partial charge in [0.2, 0.25) is 0 Å². The Bertz CT molecular complexity index is 1770. The zero-order valence-electron chi connectivity index (χ0n) is 33.4. The van der Waals surface area contributed by atoms with Crippen molar-refractivity contribution in [1.82, 2.24) is 0 Å². The molecule has 5 heteroatoms. The van der Waals surface area contributed by atoms with Gasteiger partial charge in [0.1, 0.15) is 0 Å². The summed E-state index contributed by atoms with van der Waals surface area (Å²) >= 11 is 0. The smallest absolute Gasteiger partial charge is 1.00 e. The Balaban J connectivity index is 0.000000347. The summed E-state index contributed by atoms with van der Waals surface area (Å²) in [6.07, 6.45) is 0. The summed E-state index contributed by atoms with van der Waals surface area (Å²) < 4.78 is 0. The summed E-state index contributed by atoms with van der Waals surface area (Å²) in [6.45, 7) is 26.6. The van der Waals surface area contributed by atoms with E-state index in [4.69, 9.17) is 0 Å². The van der Waals surface area contributed by atoms with E-state index < -0.39 is 15.8 Å². The first-order valence-corrected chi connectivity index (χ1v) is 20.5. The molecule has 0 heterocycles. The van der Waals surface area contributed by atoms with E-state index in [9.17, 15) is 0 Å². The summed E-state index contributed by atoms with van der Waals surface area (Å²) in [5, 5.41) is 8.83. The maximum Gasteiger partial charge on any atom is 2.00 e. The van der Waals surface area contributed by atoms with E-state index in [0.717, 1.165) is 0 Å². The van der Waals surface area contributed by atoms with Crippen molar-refractivity contribution in [2.45, 2.75) is 83.1 Å². The van der Waals surface area contributed by atoms with Crippen molar-refractivity contribution in [3.63, 3.8) is 0 Å². The van der Waals surface area contributed by atoms with Gasteiger partial charge in [0.15, 0.2) is 0 Å². The number of aryl methyl sites for hydroxylation is 12. The predicted molar refractivity (Wildman–Crippen MR) is 227 cm³/mol. The van der Waals surface area contributed by atoms with Gasteiger partial charge in [-0.1, -0.05) is 143 Å². The van der Waals surface area contributed by atoms with Gasteiger partial charge in [0.05, 0.1) is 0 Å². The zero-order valence-corrected chi connectivity index (χ0v) is 37.7. The Morgan fingerprint density at radius 1 is 0.245 bits per heavy atom. The molecule has 0 unspecified atom stereocenters. The van der Waals surface area contributed by atoms with Gasteiger partial charge in [0.25, 0.3) is 0 Å². The van der Waals surface area contributed by atoms with Crippen LogP contribution in [0.3, 0.4) is 0 Å². The molecule has 1 radical (unpaired) electrons. The number of benzene rings is 6. The fourth-order valence-corrected chi connectivity index (χ4v) is 12.5. The van der Waals surface area contributed by atoms with Crippen LogP contribution in [0.15, 0.2) is 109 Å². The van der Waals surface area contributed by atoms with Gasteiger partial charge in [-0.25, -0.2) is 0 Å². The Kier molecular flexibility index (Phi) is 17.7. The van der Waals surface area contributed by atoms with Gasteiger partial charge in [-0.15, -0.1) is 0 Å². The van der Waals surface area contributed by atoms with Crippen LogP contribution in [-0.2, 0) is 16.8 Å². The molecule has 0 bridgehead atoms. The van der Waals surface area contributed by atoms with Crippen molar-refractivity contribution in [2.75, 3.05) is 0 Å². The monoisotopic (exact) mass is 821 g/mol. The van der Waals surface area contributed by atoms with Crippen LogP contribution in [0.25, 0.3) is 0 Å². The zero-order chi connectivity index (χ0) is 36.3. The molecule has 0 amide bonds. The van der Waals surface area contributed by atoms with Crippen LogP contribution < -0.4 is 56.6 Å². The second kappa shape index (κ2) is 20.3. The Morgan fingerprint density at radius 2 is 0.377 bits per heavy atom. The normalized spacial score (nSPS) is 10.5.